The van der Waals surface area contributed by atoms with Gasteiger partial charge in [-0.2, -0.15) is 11.8 Å². The molecular formula is C31H48N4O6S. The van der Waals surface area contributed by atoms with Crippen molar-refractivity contribution in [1.29, 1.82) is 0 Å². The molecule has 1 saturated heterocycles. The molecule has 5 N–H and O–H groups in total. The number of esters is 1. The van der Waals surface area contributed by atoms with Gasteiger partial charge < -0.3 is 20.5 Å². The van der Waals surface area contributed by atoms with Gasteiger partial charge in [0.25, 0.3) is 0 Å². The van der Waals surface area contributed by atoms with Crippen LogP contribution in [0, 0.1) is 5.92 Å². The summed E-state index contributed by atoms with van der Waals surface area (Å²) in [4.78, 5) is 52.5. The molecule has 0 bridgehead atoms. The second-order valence-corrected chi connectivity index (χ2v) is 12.6. The summed E-state index contributed by atoms with van der Waals surface area (Å²) in [5.74, 6) is -1.55. The molecule has 0 unspecified atom stereocenters. The van der Waals surface area contributed by atoms with Crippen LogP contribution in [0.3, 0.4) is 0 Å². The average Bonchev–Trinajstić information content (AvgIpc) is 3.52. The van der Waals surface area contributed by atoms with Gasteiger partial charge in [-0.05, 0) is 57.4 Å². The monoisotopic (exact) mass is 604 g/mol. The lowest BCUT2D eigenvalue weighted by Gasteiger charge is -2.32. The number of hydrogen-bond acceptors (Lipinski definition) is 9. The quantitative estimate of drug-likeness (QED) is 0.190. The summed E-state index contributed by atoms with van der Waals surface area (Å²) in [6.45, 7) is 4.18. The number of benzene rings is 1. The van der Waals surface area contributed by atoms with Gasteiger partial charge >= 0.3 is 5.97 Å². The second kappa shape index (κ2) is 17.6. The third kappa shape index (κ3) is 11.0. The molecular weight excluding hydrogens is 556 g/mol. The molecule has 2 aliphatic rings. The smallest absolute Gasteiger partial charge is 0.336 e. The lowest BCUT2D eigenvalue weighted by atomic mass is 9.83. The number of rotatable bonds is 15. The van der Waals surface area contributed by atoms with Gasteiger partial charge in [0.1, 0.15) is 6.04 Å². The highest BCUT2D eigenvalue weighted by molar-refractivity contribution is 7.98. The highest BCUT2D eigenvalue weighted by Gasteiger charge is 2.35. The Morgan fingerprint density at radius 2 is 1.69 bits per heavy atom. The molecule has 1 aliphatic heterocycles. The Morgan fingerprint density at radius 3 is 2.31 bits per heavy atom. The molecule has 5 atom stereocenters. The number of hydrogen-bond donors (Lipinski definition) is 5. The van der Waals surface area contributed by atoms with Crippen molar-refractivity contribution in [2.24, 2.45) is 5.92 Å². The van der Waals surface area contributed by atoms with Crippen LogP contribution in [0.4, 0.5) is 0 Å². The fraction of sp³-hybridized carbons (Fsp3) is 0.677. The van der Waals surface area contributed by atoms with Crippen LogP contribution in [-0.2, 0) is 30.3 Å². The van der Waals surface area contributed by atoms with E-state index in [9.17, 15) is 24.3 Å². The van der Waals surface area contributed by atoms with E-state index < -0.39 is 42.0 Å². The Labute approximate surface area is 253 Å². The predicted octanol–water partition coefficient (Wildman–Crippen LogP) is 2.08. The van der Waals surface area contributed by atoms with Crippen molar-refractivity contribution in [3.63, 3.8) is 0 Å². The molecule has 10 nitrogen and oxygen atoms in total. The second-order valence-electron chi connectivity index (χ2n) is 11.7. The van der Waals surface area contributed by atoms with E-state index >= 15 is 0 Å². The summed E-state index contributed by atoms with van der Waals surface area (Å²) in [6.07, 6.45) is 7.67. The minimum atomic E-state index is -1.45. The maximum atomic E-state index is 13.5. The Kier molecular flexibility index (Phi) is 14.3. The summed E-state index contributed by atoms with van der Waals surface area (Å²) < 4.78 is 5.28. The van der Waals surface area contributed by atoms with Crippen molar-refractivity contribution in [3.8, 4) is 0 Å². The normalized spacial score (nSPS) is 20.4. The van der Waals surface area contributed by atoms with Crippen LogP contribution in [-0.4, -0.2) is 83.7 Å². The molecule has 1 aliphatic carbocycles. The Bertz CT molecular complexity index is 1010. The van der Waals surface area contributed by atoms with E-state index in [1.165, 1.54) is 18.2 Å². The first-order valence-electron chi connectivity index (χ1n) is 15.2. The molecule has 1 saturated carbocycles. The van der Waals surface area contributed by atoms with Crippen LogP contribution < -0.4 is 21.3 Å². The van der Waals surface area contributed by atoms with Crippen molar-refractivity contribution in [1.82, 2.24) is 21.3 Å². The lowest BCUT2D eigenvalue weighted by Crippen LogP contribution is -2.59. The van der Waals surface area contributed by atoms with Gasteiger partial charge in [0.2, 0.25) is 17.7 Å². The van der Waals surface area contributed by atoms with Gasteiger partial charge in [-0.3, -0.25) is 25.0 Å². The van der Waals surface area contributed by atoms with Crippen LogP contribution in [0.25, 0.3) is 0 Å². The van der Waals surface area contributed by atoms with Crippen LogP contribution in [0.1, 0.15) is 70.8 Å². The van der Waals surface area contributed by atoms with Gasteiger partial charge in [-0.1, -0.05) is 62.4 Å². The number of carbonyl (C=O) groups is 4. The first kappa shape index (κ1) is 34.0. The number of ether oxygens (including phenoxy) is 1. The lowest BCUT2D eigenvalue weighted by molar-refractivity contribution is -0.159. The minimum absolute atomic E-state index is 0.225. The van der Waals surface area contributed by atoms with Crippen LogP contribution >= 0.6 is 11.8 Å². The Hall–Kier alpha value is -2.47. The van der Waals surface area contributed by atoms with Crippen molar-refractivity contribution in [2.75, 3.05) is 18.6 Å². The maximum Gasteiger partial charge on any atom is 0.336 e. The van der Waals surface area contributed by atoms with Gasteiger partial charge in [0.05, 0.1) is 18.2 Å². The third-order valence-electron chi connectivity index (χ3n) is 7.89. The zero-order valence-corrected chi connectivity index (χ0v) is 25.9. The largest absolute Gasteiger partial charge is 0.461 e. The number of aliphatic hydroxyl groups is 1. The van der Waals surface area contributed by atoms with E-state index in [0.29, 0.717) is 24.5 Å². The summed E-state index contributed by atoms with van der Waals surface area (Å²) in [7, 11) is 0. The average molecular weight is 605 g/mol. The summed E-state index contributed by atoms with van der Waals surface area (Å²) in [5.41, 5.74) is 0.850. The molecule has 1 aromatic rings. The minimum Gasteiger partial charge on any atom is -0.461 e. The molecule has 234 valence electrons. The molecule has 0 aromatic heterocycles. The standard InChI is InChI=1S/C31H48N4O6S/c1-20(2)41-31(40)27(36)24(17-21-11-6-4-7-12-21)33-26(19-42-3)30(39)35-29(38)25(18-22-13-8-5-9-14-22)34-28(37)23-15-10-16-32-23/h5,8-9,13-14,20-21,23-27,32-33,36H,4,6-7,10-12,15-19H2,1-3H3,(H,34,37)(H,35,38,39)/t23-,24-,25-,26-,27+/m0/s1. The van der Waals surface area contributed by atoms with E-state index in [1.54, 1.807) is 13.8 Å². The van der Waals surface area contributed by atoms with Gasteiger partial charge in [0.15, 0.2) is 6.10 Å². The Morgan fingerprint density at radius 1 is 1.00 bits per heavy atom. The number of nitrogens with one attached hydrogen (secondary N) is 4. The first-order chi connectivity index (χ1) is 20.2. The van der Waals surface area contributed by atoms with E-state index in [0.717, 1.165) is 44.2 Å². The highest BCUT2D eigenvalue weighted by Crippen LogP contribution is 2.28. The molecule has 0 radical (unpaired) electrons. The van der Waals surface area contributed by atoms with Crippen LogP contribution in [0.15, 0.2) is 30.3 Å². The number of carbonyl (C=O) groups excluding carboxylic acids is 4. The number of aliphatic hydroxyl groups excluding tert-OH is 1. The third-order valence-corrected chi connectivity index (χ3v) is 8.56. The molecule has 3 rings (SSSR count). The summed E-state index contributed by atoms with van der Waals surface area (Å²) in [6, 6.07) is 6.43. The maximum absolute atomic E-state index is 13.5. The highest BCUT2D eigenvalue weighted by atomic mass is 32.2. The topological polar surface area (TPSA) is 146 Å². The molecule has 2 fully saturated rings. The fourth-order valence-corrected chi connectivity index (χ4v) is 6.28. The first-order valence-corrected chi connectivity index (χ1v) is 16.6. The number of amides is 3. The van der Waals surface area contributed by atoms with Gasteiger partial charge in [-0.25, -0.2) is 4.79 Å². The molecule has 1 heterocycles. The van der Waals surface area contributed by atoms with Gasteiger partial charge in [-0.15, -0.1) is 0 Å². The zero-order chi connectivity index (χ0) is 30.5. The summed E-state index contributed by atoms with van der Waals surface area (Å²) in [5, 5.41) is 22.7. The van der Waals surface area contributed by atoms with Crippen LogP contribution in [0.2, 0.25) is 0 Å². The zero-order valence-electron chi connectivity index (χ0n) is 25.1. The van der Waals surface area contributed by atoms with E-state index in [4.69, 9.17) is 4.74 Å². The summed E-state index contributed by atoms with van der Waals surface area (Å²) >= 11 is 1.41. The van der Waals surface area contributed by atoms with E-state index in [2.05, 4.69) is 21.3 Å². The number of thioether (sulfide) groups is 1. The van der Waals surface area contributed by atoms with Crippen molar-refractivity contribution in [2.45, 2.75) is 108 Å². The van der Waals surface area contributed by atoms with Gasteiger partial charge in [0, 0.05) is 18.2 Å². The van der Waals surface area contributed by atoms with Crippen molar-refractivity contribution >= 4 is 35.5 Å². The molecule has 42 heavy (non-hydrogen) atoms. The van der Waals surface area contributed by atoms with E-state index in [-0.39, 0.29) is 24.5 Å². The molecule has 11 heteroatoms. The molecule has 3 amide bonds. The van der Waals surface area contributed by atoms with E-state index in [1.807, 2.05) is 36.6 Å². The van der Waals surface area contributed by atoms with Crippen LogP contribution in [0.5, 0.6) is 0 Å². The fourth-order valence-electron chi connectivity index (χ4n) is 5.70. The van der Waals surface area contributed by atoms with Crippen molar-refractivity contribution in [3.05, 3.63) is 35.9 Å². The molecule has 0 spiro atoms. The van der Waals surface area contributed by atoms with Crippen molar-refractivity contribution < 1.29 is 29.0 Å². The molecule has 1 aromatic carbocycles. The SMILES string of the molecule is CSC[C@H](N[C@@H](CC1CCCCC1)[C@@H](O)C(=O)OC(C)C)C(=O)NC(=O)[C@H](Cc1ccccc1)NC(=O)[C@@H]1CCCN1. The predicted molar refractivity (Wildman–Crippen MR) is 164 cm³/mol. The Balaban J connectivity index is 1.73. The number of imide groups is 1.